The third-order valence-electron chi connectivity index (χ3n) is 3.13. The van der Waals surface area contributed by atoms with Gasteiger partial charge in [-0.25, -0.2) is 0 Å². The van der Waals surface area contributed by atoms with Crippen LogP contribution in [0, 0.1) is 0 Å². The van der Waals surface area contributed by atoms with Crippen LogP contribution in [0.4, 0.5) is 0 Å². The van der Waals surface area contributed by atoms with Gasteiger partial charge in [0.05, 0.1) is 19.8 Å². The van der Waals surface area contributed by atoms with E-state index in [-0.39, 0.29) is 6.10 Å². The second-order valence-electron chi connectivity index (χ2n) is 5.41. The molecule has 0 saturated carbocycles. The molecular formula is C16H24O4. The third kappa shape index (κ3) is 5.59. The zero-order valence-corrected chi connectivity index (χ0v) is 12.3. The normalized spacial score (nSPS) is 19.1. The van der Waals surface area contributed by atoms with E-state index in [1.807, 2.05) is 32.0 Å². The Morgan fingerprint density at radius 3 is 2.50 bits per heavy atom. The maximum absolute atomic E-state index is 5.70. The van der Waals surface area contributed by atoms with Crippen molar-refractivity contribution in [3.63, 3.8) is 0 Å². The first kappa shape index (κ1) is 15.4. The molecule has 1 aliphatic heterocycles. The Morgan fingerprint density at radius 2 is 1.80 bits per heavy atom. The lowest BCUT2D eigenvalue weighted by Crippen LogP contribution is -2.43. The van der Waals surface area contributed by atoms with Crippen molar-refractivity contribution in [2.75, 3.05) is 26.4 Å². The van der Waals surface area contributed by atoms with Crippen LogP contribution in [0.25, 0.3) is 0 Å². The summed E-state index contributed by atoms with van der Waals surface area (Å²) in [6, 6.07) is 10.2. The summed E-state index contributed by atoms with van der Waals surface area (Å²) in [4.78, 5) is 0. The first-order valence-corrected chi connectivity index (χ1v) is 7.17. The molecule has 1 heterocycles. The molecule has 0 amide bonds. The molecule has 0 bridgehead atoms. The summed E-state index contributed by atoms with van der Waals surface area (Å²) < 4.78 is 22.4. The van der Waals surface area contributed by atoms with Crippen molar-refractivity contribution < 1.29 is 18.9 Å². The quantitative estimate of drug-likeness (QED) is 0.720. The summed E-state index contributed by atoms with van der Waals surface area (Å²) >= 11 is 0. The Morgan fingerprint density at radius 1 is 1.10 bits per heavy atom. The summed E-state index contributed by atoms with van der Waals surface area (Å²) in [5.74, 6) is -0.474. The molecular weight excluding hydrogens is 256 g/mol. The van der Waals surface area contributed by atoms with Crippen LogP contribution in [0.3, 0.4) is 0 Å². The fraction of sp³-hybridized carbons (Fsp3) is 0.625. The zero-order chi connectivity index (χ0) is 14.3. The molecule has 1 aliphatic rings. The van der Waals surface area contributed by atoms with E-state index < -0.39 is 5.79 Å². The minimum absolute atomic E-state index is 0.0390. The number of rotatable bonds is 7. The topological polar surface area (TPSA) is 36.9 Å². The van der Waals surface area contributed by atoms with Crippen LogP contribution >= 0.6 is 0 Å². The molecule has 4 nitrogen and oxygen atoms in total. The monoisotopic (exact) mass is 280 g/mol. The van der Waals surface area contributed by atoms with Gasteiger partial charge < -0.3 is 18.9 Å². The maximum Gasteiger partial charge on any atom is 0.163 e. The van der Waals surface area contributed by atoms with Crippen molar-refractivity contribution >= 4 is 0 Å². The molecule has 0 unspecified atom stereocenters. The van der Waals surface area contributed by atoms with Crippen molar-refractivity contribution in [2.24, 2.45) is 0 Å². The van der Waals surface area contributed by atoms with Gasteiger partial charge in [0.2, 0.25) is 0 Å². The molecule has 112 valence electrons. The molecule has 1 fully saturated rings. The van der Waals surface area contributed by atoms with Crippen LogP contribution in [0.1, 0.15) is 25.8 Å². The Kier molecular flexibility index (Phi) is 5.98. The number of hydrogen-bond acceptors (Lipinski definition) is 4. The van der Waals surface area contributed by atoms with E-state index in [0.29, 0.717) is 33.0 Å². The molecule has 20 heavy (non-hydrogen) atoms. The first-order valence-electron chi connectivity index (χ1n) is 7.17. The summed E-state index contributed by atoms with van der Waals surface area (Å²) in [5.41, 5.74) is 1.20. The molecule has 1 aromatic rings. The van der Waals surface area contributed by atoms with Crippen LogP contribution in [0.2, 0.25) is 0 Å². The lowest BCUT2D eigenvalue weighted by atomic mass is 10.2. The molecule has 1 saturated heterocycles. The van der Waals surface area contributed by atoms with Crippen molar-refractivity contribution in [3.8, 4) is 0 Å². The van der Waals surface area contributed by atoms with Gasteiger partial charge in [-0.3, -0.25) is 0 Å². The minimum atomic E-state index is -0.474. The summed E-state index contributed by atoms with van der Waals surface area (Å²) in [6.45, 7) is 7.06. The molecule has 0 spiro atoms. The summed E-state index contributed by atoms with van der Waals surface area (Å²) in [7, 11) is 0. The van der Waals surface area contributed by atoms with Gasteiger partial charge in [0.15, 0.2) is 5.79 Å². The van der Waals surface area contributed by atoms with E-state index in [9.17, 15) is 0 Å². The number of hydrogen-bond donors (Lipinski definition) is 0. The fourth-order valence-electron chi connectivity index (χ4n) is 1.95. The van der Waals surface area contributed by atoms with E-state index in [2.05, 4.69) is 12.1 Å². The Labute approximate surface area is 121 Å². The van der Waals surface area contributed by atoms with Crippen molar-refractivity contribution in [3.05, 3.63) is 35.9 Å². The fourth-order valence-corrected chi connectivity index (χ4v) is 1.95. The van der Waals surface area contributed by atoms with Gasteiger partial charge in [0.1, 0.15) is 6.10 Å². The average Bonchev–Trinajstić information content (AvgIpc) is 2.45. The molecule has 0 aromatic heterocycles. The largest absolute Gasteiger partial charge is 0.377 e. The van der Waals surface area contributed by atoms with Crippen LogP contribution in [-0.4, -0.2) is 38.3 Å². The second kappa shape index (κ2) is 7.74. The first-order chi connectivity index (χ1) is 9.66. The molecule has 0 aliphatic carbocycles. The number of ether oxygens (including phenoxy) is 4. The van der Waals surface area contributed by atoms with Gasteiger partial charge in [0, 0.05) is 13.2 Å². The van der Waals surface area contributed by atoms with Gasteiger partial charge >= 0.3 is 0 Å². The summed E-state index contributed by atoms with van der Waals surface area (Å²) in [5, 5.41) is 0. The highest BCUT2D eigenvalue weighted by Crippen LogP contribution is 2.18. The molecule has 0 N–H and O–H groups in total. The molecule has 2 rings (SSSR count). The van der Waals surface area contributed by atoms with Gasteiger partial charge in [-0.05, 0) is 25.8 Å². The standard InChI is InChI=1S/C16H24O4/c1-16(2)19-12-15(13-20-16)18-10-6-9-17-11-14-7-4-3-5-8-14/h3-5,7-8,15H,6,9-13H2,1-2H3. The van der Waals surface area contributed by atoms with E-state index in [0.717, 1.165) is 6.42 Å². The lowest BCUT2D eigenvalue weighted by Gasteiger charge is -2.34. The van der Waals surface area contributed by atoms with Crippen molar-refractivity contribution in [2.45, 2.75) is 38.8 Å². The SMILES string of the molecule is CC1(C)OCC(OCCCOCc2ccccc2)CO1. The second-order valence-corrected chi connectivity index (χ2v) is 5.41. The Balaban J connectivity index is 1.48. The molecule has 0 atom stereocenters. The van der Waals surface area contributed by atoms with E-state index >= 15 is 0 Å². The molecule has 0 radical (unpaired) electrons. The third-order valence-corrected chi connectivity index (χ3v) is 3.13. The highest BCUT2D eigenvalue weighted by Gasteiger charge is 2.28. The predicted molar refractivity (Wildman–Crippen MR) is 76.4 cm³/mol. The van der Waals surface area contributed by atoms with E-state index in [4.69, 9.17) is 18.9 Å². The van der Waals surface area contributed by atoms with Gasteiger partial charge in [0.25, 0.3) is 0 Å². The minimum Gasteiger partial charge on any atom is -0.377 e. The summed E-state index contributed by atoms with van der Waals surface area (Å²) in [6.07, 6.45) is 0.921. The average molecular weight is 280 g/mol. The molecule has 1 aromatic carbocycles. The Hall–Kier alpha value is -0.940. The van der Waals surface area contributed by atoms with Crippen LogP contribution in [-0.2, 0) is 25.6 Å². The Bertz CT molecular complexity index is 367. The highest BCUT2D eigenvalue weighted by molar-refractivity contribution is 5.13. The van der Waals surface area contributed by atoms with Gasteiger partial charge in [-0.15, -0.1) is 0 Å². The maximum atomic E-state index is 5.70. The number of benzene rings is 1. The van der Waals surface area contributed by atoms with Crippen molar-refractivity contribution in [1.82, 2.24) is 0 Å². The van der Waals surface area contributed by atoms with Crippen LogP contribution in [0.15, 0.2) is 30.3 Å². The predicted octanol–water partition coefficient (Wildman–Crippen LogP) is 2.76. The zero-order valence-electron chi connectivity index (χ0n) is 12.3. The van der Waals surface area contributed by atoms with Gasteiger partial charge in [-0.2, -0.15) is 0 Å². The smallest absolute Gasteiger partial charge is 0.163 e. The van der Waals surface area contributed by atoms with Crippen LogP contribution < -0.4 is 0 Å². The van der Waals surface area contributed by atoms with Crippen LogP contribution in [0.5, 0.6) is 0 Å². The van der Waals surface area contributed by atoms with Gasteiger partial charge in [-0.1, -0.05) is 30.3 Å². The molecule has 4 heteroatoms. The highest BCUT2D eigenvalue weighted by atomic mass is 16.7. The lowest BCUT2D eigenvalue weighted by molar-refractivity contribution is -0.279. The van der Waals surface area contributed by atoms with E-state index in [1.165, 1.54) is 5.56 Å². The van der Waals surface area contributed by atoms with Crippen molar-refractivity contribution in [1.29, 1.82) is 0 Å². The van der Waals surface area contributed by atoms with E-state index in [1.54, 1.807) is 0 Å².